The minimum absolute atomic E-state index is 0.149. The first-order chi connectivity index (χ1) is 9.23. The van der Waals surface area contributed by atoms with Crippen molar-refractivity contribution < 1.29 is 14.5 Å². The molecule has 1 amide bonds. The molecule has 0 spiro atoms. The van der Waals surface area contributed by atoms with E-state index in [0.717, 1.165) is 0 Å². The van der Waals surface area contributed by atoms with Gasteiger partial charge in [0.25, 0.3) is 5.69 Å². The molecule has 0 fully saturated rings. The molecule has 3 N–H and O–H groups in total. The second-order valence-electron chi connectivity index (χ2n) is 5.18. The van der Waals surface area contributed by atoms with E-state index in [4.69, 9.17) is 10.5 Å². The zero-order valence-corrected chi connectivity index (χ0v) is 11.8. The van der Waals surface area contributed by atoms with Crippen LogP contribution in [0, 0.1) is 10.1 Å². The van der Waals surface area contributed by atoms with Crippen LogP contribution < -0.4 is 15.8 Å². The minimum atomic E-state index is -0.564. The lowest BCUT2D eigenvalue weighted by Crippen LogP contribution is -2.33. The van der Waals surface area contributed by atoms with Gasteiger partial charge in [0.15, 0.2) is 0 Å². The molecule has 0 bridgehead atoms. The van der Waals surface area contributed by atoms with Gasteiger partial charge in [-0.05, 0) is 32.4 Å². The van der Waals surface area contributed by atoms with Crippen molar-refractivity contribution in [2.45, 2.75) is 32.2 Å². The van der Waals surface area contributed by atoms with Crippen LogP contribution in [0.1, 0.15) is 26.7 Å². The molecule has 1 rings (SSSR count). The molecule has 0 aliphatic rings. The van der Waals surface area contributed by atoms with E-state index in [1.807, 2.05) is 13.8 Å². The van der Waals surface area contributed by atoms with E-state index in [1.54, 1.807) is 6.07 Å². The molecule has 110 valence electrons. The third-order valence-corrected chi connectivity index (χ3v) is 2.67. The molecular formula is C13H19N3O4. The molecule has 0 heterocycles. The number of carbonyl (C=O) groups excluding carboxylic acids is 1. The van der Waals surface area contributed by atoms with Crippen molar-refractivity contribution in [1.82, 2.24) is 0 Å². The Balaban J connectivity index is 2.81. The van der Waals surface area contributed by atoms with Gasteiger partial charge in [-0.25, -0.2) is 0 Å². The topological polar surface area (TPSA) is 107 Å². The third kappa shape index (κ3) is 4.85. The molecule has 0 atom stereocenters. The smallest absolute Gasteiger partial charge is 0.296 e. The number of nitrogens with two attached hydrogens (primary N) is 1. The average Bonchev–Trinajstić information content (AvgIpc) is 2.35. The van der Waals surface area contributed by atoms with Gasteiger partial charge in [0.2, 0.25) is 5.91 Å². The number of nitrogens with zero attached hydrogens (tertiary/aromatic N) is 1. The molecular weight excluding hydrogens is 262 g/mol. The Hall–Kier alpha value is -2.15. The van der Waals surface area contributed by atoms with Gasteiger partial charge in [-0.15, -0.1) is 0 Å². The number of anilines is 1. The number of carbonyl (C=O) groups is 1. The molecule has 20 heavy (non-hydrogen) atoms. The number of hydrogen-bond acceptors (Lipinski definition) is 5. The lowest BCUT2D eigenvalue weighted by atomic mass is 10.00. The summed E-state index contributed by atoms with van der Waals surface area (Å²) in [6.45, 7) is 3.63. The second-order valence-corrected chi connectivity index (χ2v) is 5.18. The van der Waals surface area contributed by atoms with Crippen molar-refractivity contribution in [3.63, 3.8) is 0 Å². The van der Waals surface area contributed by atoms with Crippen LogP contribution in [0.5, 0.6) is 5.75 Å². The molecule has 0 saturated carbocycles. The fraction of sp³-hybridized carbons (Fsp3) is 0.462. The summed E-state index contributed by atoms with van der Waals surface area (Å²) >= 11 is 0. The SMILES string of the molecule is COc1ccc(NC(=O)CCC(C)(C)N)c([N+](=O)[O-])c1. The number of hydrogen-bond donors (Lipinski definition) is 2. The first-order valence-corrected chi connectivity index (χ1v) is 6.14. The molecule has 0 aromatic heterocycles. The van der Waals surface area contributed by atoms with Crippen LogP contribution in [0.2, 0.25) is 0 Å². The van der Waals surface area contributed by atoms with Gasteiger partial charge >= 0.3 is 0 Å². The number of ether oxygens (including phenoxy) is 1. The van der Waals surface area contributed by atoms with Gasteiger partial charge in [0.1, 0.15) is 11.4 Å². The monoisotopic (exact) mass is 281 g/mol. The van der Waals surface area contributed by atoms with Crippen LogP contribution >= 0.6 is 0 Å². The summed E-state index contributed by atoms with van der Waals surface area (Å²) in [5.41, 5.74) is 5.28. The Morgan fingerprint density at radius 1 is 1.50 bits per heavy atom. The van der Waals surface area contributed by atoms with E-state index in [0.29, 0.717) is 12.2 Å². The fourth-order valence-corrected chi connectivity index (χ4v) is 1.54. The first-order valence-electron chi connectivity index (χ1n) is 6.14. The predicted molar refractivity (Wildman–Crippen MR) is 75.8 cm³/mol. The molecule has 0 aliphatic carbocycles. The maximum Gasteiger partial charge on any atom is 0.296 e. The van der Waals surface area contributed by atoms with Crippen molar-refractivity contribution >= 4 is 17.3 Å². The van der Waals surface area contributed by atoms with Gasteiger partial charge in [-0.1, -0.05) is 0 Å². The number of methoxy groups -OCH3 is 1. The molecule has 0 radical (unpaired) electrons. The van der Waals surface area contributed by atoms with Crippen molar-refractivity contribution in [2.24, 2.45) is 5.73 Å². The molecule has 0 aliphatic heterocycles. The third-order valence-electron chi connectivity index (χ3n) is 2.67. The highest BCUT2D eigenvalue weighted by Gasteiger charge is 2.18. The van der Waals surface area contributed by atoms with Gasteiger partial charge in [0.05, 0.1) is 18.1 Å². The zero-order chi connectivity index (χ0) is 15.3. The first kappa shape index (κ1) is 15.9. The second kappa shape index (κ2) is 6.33. The van der Waals surface area contributed by atoms with Gasteiger partial charge < -0.3 is 15.8 Å². The van der Waals surface area contributed by atoms with Gasteiger partial charge in [-0.2, -0.15) is 0 Å². The standard InChI is InChI=1S/C13H19N3O4/c1-13(2,14)7-6-12(17)15-10-5-4-9(20-3)8-11(10)16(18)19/h4-5,8H,6-7,14H2,1-3H3,(H,15,17). The molecule has 0 unspecified atom stereocenters. The van der Waals surface area contributed by atoms with E-state index in [9.17, 15) is 14.9 Å². The lowest BCUT2D eigenvalue weighted by molar-refractivity contribution is -0.384. The number of nitrogens with one attached hydrogen (secondary N) is 1. The van der Waals surface area contributed by atoms with Crippen LogP contribution in [0.3, 0.4) is 0 Å². The van der Waals surface area contributed by atoms with Gasteiger partial charge in [0, 0.05) is 12.0 Å². The molecule has 1 aromatic rings. The highest BCUT2D eigenvalue weighted by atomic mass is 16.6. The van der Waals surface area contributed by atoms with Crippen LogP contribution in [-0.2, 0) is 4.79 Å². The largest absolute Gasteiger partial charge is 0.496 e. The molecule has 7 heteroatoms. The average molecular weight is 281 g/mol. The Kier molecular flexibility index (Phi) is 5.04. The van der Waals surface area contributed by atoms with Crippen LogP contribution in [0.15, 0.2) is 18.2 Å². The minimum Gasteiger partial charge on any atom is -0.496 e. The van der Waals surface area contributed by atoms with Crippen molar-refractivity contribution in [1.29, 1.82) is 0 Å². The maximum atomic E-state index is 11.8. The van der Waals surface area contributed by atoms with E-state index >= 15 is 0 Å². The predicted octanol–water partition coefficient (Wildman–Crippen LogP) is 2.06. The Labute approximate surface area is 117 Å². The van der Waals surface area contributed by atoms with Gasteiger partial charge in [-0.3, -0.25) is 14.9 Å². The summed E-state index contributed by atoms with van der Waals surface area (Å²) in [6.07, 6.45) is 0.690. The maximum absolute atomic E-state index is 11.8. The fourth-order valence-electron chi connectivity index (χ4n) is 1.54. The highest BCUT2D eigenvalue weighted by Crippen LogP contribution is 2.29. The Morgan fingerprint density at radius 2 is 2.15 bits per heavy atom. The summed E-state index contributed by atoms with van der Waals surface area (Å²) in [4.78, 5) is 22.2. The summed E-state index contributed by atoms with van der Waals surface area (Å²) in [7, 11) is 1.42. The van der Waals surface area contributed by atoms with Crippen LogP contribution in [0.25, 0.3) is 0 Å². The Morgan fingerprint density at radius 3 is 2.65 bits per heavy atom. The van der Waals surface area contributed by atoms with E-state index in [2.05, 4.69) is 5.32 Å². The zero-order valence-electron chi connectivity index (χ0n) is 11.8. The van der Waals surface area contributed by atoms with E-state index in [1.165, 1.54) is 19.2 Å². The van der Waals surface area contributed by atoms with Crippen molar-refractivity contribution in [2.75, 3.05) is 12.4 Å². The quantitative estimate of drug-likeness (QED) is 0.613. The van der Waals surface area contributed by atoms with Crippen LogP contribution in [-0.4, -0.2) is 23.5 Å². The Bertz CT molecular complexity index is 509. The van der Waals surface area contributed by atoms with E-state index < -0.39 is 10.5 Å². The highest BCUT2D eigenvalue weighted by molar-refractivity contribution is 5.93. The molecule has 0 saturated heterocycles. The molecule has 1 aromatic carbocycles. The molecule has 7 nitrogen and oxygen atoms in total. The summed E-state index contributed by atoms with van der Waals surface area (Å²) < 4.78 is 4.92. The normalized spacial score (nSPS) is 11.0. The number of nitro benzene ring substituents is 1. The van der Waals surface area contributed by atoms with E-state index in [-0.39, 0.29) is 23.7 Å². The number of nitro groups is 1. The van der Waals surface area contributed by atoms with Crippen molar-refractivity contribution in [3.05, 3.63) is 28.3 Å². The summed E-state index contributed by atoms with van der Waals surface area (Å²) in [5, 5.41) is 13.5. The lowest BCUT2D eigenvalue weighted by Gasteiger charge is -2.17. The van der Waals surface area contributed by atoms with Crippen molar-refractivity contribution in [3.8, 4) is 5.75 Å². The summed E-state index contributed by atoms with van der Waals surface area (Å²) in [5.74, 6) is 0.0505. The summed E-state index contributed by atoms with van der Waals surface area (Å²) in [6, 6.07) is 4.26. The number of benzene rings is 1. The number of rotatable bonds is 6. The van der Waals surface area contributed by atoms with Crippen LogP contribution in [0.4, 0.5) is 11.4 Å². The number of amides is 1.